The second-order valence-electron chi connectivity index (χ2n) is 4.77. The number of hydrogen-bond donors (Lipinski definition) is 0. The van der Waals surface area contributed by atoms with Crippen LogP contribution >= 0.6 is 0 Å². The topological polar surface area (TPSA) is 46.6 Å². The van der Waals surface area contributed by atoms with Crippen LogP contribution < -0.4 is 4.90 Å². The number of Topliss-reactive ketones (excluding diaryl/α,β-unsaturated/α-hetero) is 1. The van der Waals surface area contributed by atoms with Gasteiger partial charge in [-0.3, -0.25) is 9.59 Å². The van der Waals surface area contributed by atoms with Gasteiger partial charge in [0, 0.05) is 18.7 Å². The van der Waals surface area contributed by atoms with Gasteiger partial charge in [0.25, 0.3) is 0 Å². The van der Waals surface area contributed by atoms with E-state index >= 15 is 0 Å². The summed E-state index contributed by atoms with van der Waals surface area (Å²) >= 11 is 0. The zero-order valence-corrected chi connectivity index (χ0v) is 10.1. The molecule has 1 fully saturated rings. The Labute approximate surface area is 106 Å². The quantitative estimate of drug-likeness (QED) is 0.704. The molecule has 2 heterocycles. The van der Waals surface area contributed by atoms with Crippen LogP contribution in [-0.2, 0) is 27.4 Å². The Kier molecular flexibility index (Phi) is 2.88. The Balaban J connectivity index is 1.88. The van der Waals surface area contributed by atoms with Gasteiger partial charge in [0.2, 0.25) is 5.91 Å². The molecule has 3 rings (SSSR count). The van der Waals surface area contributed by atoms with Crippen molar-refractivity contribution < 1.29 is 14.3 Å². The molecular formula is C14H15NO3. The van der Waals surface area contributed by atoms with Crippen LogP contribution in [0.1, 0.15) is 24.0 Å². The lowest BCUT2D eigenvalue weighted by molar-refractivity contribution is -0.128. The molecule has 1 saturated heterocycles. The van der Waals surface area contributed by atoms with Crippen molar-refractivity contribution in [2.45, 2.75) is 25.9 Å². The van der Waals surface area contributed by atoms with E-state index in [-0.39, 0.29) is 18.1 Å². The molecule has 1 amide bonds. The van der Waals surface area contributed by atoms with Gasteiger partial charge in [-0.2, -0.15) is 0 Å². The number of carbonyl (C=O) groups excluding carboxylic acids is 2. The molecule has 2 aliphatic heterocycles. The maximum Gasteiger partial charge on any atom is 0.234 e. The number of anilines is 1. The SMILES string of the molecule is O=C1CCN(c2ccc3c(c2)CCOC3)C(=O)C1. The molecule has 0 bridgehead atoms. The van der Waals surface area contributed by atoms with Crippen molar-refractivity contribution in [3.63, 3.8) is 0 Å². The molecule has 1 aromatic carbocycles. The predicted octanol–water partition coefficient (Wildman–Crippen LogP) is 1.46. The van der Waals surface area contributed by atoms with E-state index in [9.17, 15) is 9.59 Å². The maximum atomic E-state index is 11.9. The first-order valence-electron chi connectivity index (χ1n) is 6.25. The molecule has 0 spiro atoms. The Morgan fingerprint density at radius 3 is 2.83 bits per heavy atom. The van der Waals surface area contributed by atoms with Crippen molar-refractivity contribution in [1.29, 1.82) is 0 Å². The highest BCUT2D eigenvalue weighted by Crippen LogP contribution is 2.25. The predicted molar refractivity (Wildman–Crippen MR) is 66.4 cm³/mol. The number of rotatable bonds is 1. The fourth-order valence-electron chi connectivity index (χ4n) is 2.50. The molecular weight excluding hydrogens is 230 g/mol. The average Bonchev–Trinajstić information content (AvgIpc) is 2.38. The highest BCUT2D eigenvalue weighted by molar-refractivity contribution is 6.08. The first-order valence-corrected chi connectivity index (χ1v) is 6.25. The first kappa shape index (κ1) is 11.4. The van der Waals surface area contributed by atoms with Crippen molar-refractivity contribution in [3.05, 3.63) is 29.3 Å². The Bertz CT molecular complexity index is 510. The number of benzene rings is 1. The Morgan fingerprint density at radius 1 is 1.11 bits per heavy atom. The second kappa shape index (κ2) is 4.53. The largest absolute Gasteiger partial charge is 0.376 e. The van der Waals surface area contributed by atoms with E-state index in [1.54, 1.807) is 4.90 Å². The van der Waals surface area contributed by atoms with Crippen molar-refractivity contribution in [2.24, 2.45) is 0 Å². The Morgan fingerprint density at radius 2 is 2.00 bits per heavy atom. The van der Waals surface area contributed by atoms with Crippen LogP contribution in [0.5, 0.6) is 0 Å². The summed E-state index contributed by atoms with van der Waals surface area (Å²) in [6.07, 6.45) is 1.40. The van der Waals surface area contributed by atoms with Gasteiger partial charge in [0.1, 0.15) is 5.78 Å². The van der Waals surface area contributed by atoms with Gasteiger partial charge in [0.15, 0.2) is 0 Å². The molecule has 4 heteroatoms. The summed E-state index contributed by atoms with van der Waals surface area (Å²) in [6.45, 7) is 1.90. The van der Waals surface area contributed by atoms with Gasteiger partial charge in [0.05, 0.1) is 19.6 Å². The van der Waals surface area contributed by atoms with E-state index in [2.05, 4.69) is 6.07 Å². The molecule has 0 radical (unpaired) electrons. The number of amides is 1. The molecule has 0 unspecified atom stereocenters. The fourth-order valence-corrected chi connectivity index (χ4v) is 2.50. The fraction of sp³-hybridized carbons (Fsp3) is 0.429. The van der Waals surface area contributed by atoms with E-state index in [1.807, 2.05) is 12.1 Å². The van der Waals surface area contributed by atoms with Crippen LogP contribution in [0.4, 0.5) is 5.69 Å². The normalized spacial score (nSPS) is 19.9. The molecule has 1 aromatic rings. The van der Waals surface area contributed by atoms with Crippen LogP contribution in [-0.4, -0.2) is 24.8 Å². The first-order chi connectivity index (χ1) is 8.74. The lowest BCUT2D eigenvalue weighted by Crippen LogP contribution is -2.39. The summed E-state index contributed by atoms with van der Waals surface area (Å²) in [4.78, 5) is 24.8. The lowest BCUT2D eigenvalue weighted by atomic mass is 10.0. The molecule has 94 valence electrons. The average molecular weight is 245 g/mol. The minimum absolute atomic E-state index is 0.0419. The standard InChI is InChI=1S/C14H15NO3/c16-13-3-5-15(14(17)8-13)12-2-1-11-9-18-6-4-10(11)7-12/h1-2,7H,3-6,8-9H2. The number of carbonyl (C=O) groups is 2. The van der Waals surface area contributed by atoms with Crippen LogP contribution in [0.3, 0.4) is 0 Å². The van der Waals surface area contributed by atoms with Gasteiger partial charge < -0.3 is 9.64 Å². The third kappa shape index (κ3) is 2.04. The van der Waals surface area contributed by atoms with Crippen LogP contribution in [0.25, 0.3) is 0 Å². The van der Waals surface area contributed by atoms with Gasteiger partial charge in [-0.25, -0.2) is 0 Å². The third-order valence-electron chi connectivity index (χ3n) is 3.54. The smallest absolute Gasteiger partial charge is 0.234 e. The molecule has 4 nitrogen and oxygen atoms in total. The van der Waals surface area contributed by atoms with E-state index < -0.39 is 0 Å². The molecule has 18 heavy (non-hydrogen) atoms. The monoisotopic (exact) mass is 245 g/mol. The van der Waals surface area contributed by atoms with Gasteiger partial charge in [-0.05, 0) is 29.7 Å². The number of ether oxygens (including phenoxy) is 1. The number of fused-ring (bicyclic) bond motifs is 1. The molecule has 0 aromatic heterocycles. The van der Waals surface area contributed by atoms with Crippen molar-refractivity contribution in [1.82, 2.24) is 0 Å². The van der Waals surface area contributed by atoms with Gasteiger partial charge >= 0.3 is 0 Å². The maximum absolute atomic E-state index is 11.9. The molecule has 0 atom stereocenters. The second-order valence-corrected chi connectivity index (χ2v) is 4.77. The number of ketones is 1. The number of hydrogen-bond acceptors (Lipinski definition) is 3. The minimum atomic E-state index is -0.0849. The molecule has 0 N–H and O–H groups in total. The summed E-state index contributed by atoms with van der Waals surface area (Å²) in [5, 5.41) is 0. The van der Waals surface area contributed by atoms with E-state index in [0.717, 1.165) is 18.7 Å². The zero-order chi connectivity index (χ0) is 12.5. The van der Waals surface area contributed by atoms with Gasteiger partial charge in [-0.15, -0.1) is 0 Å². The van der Waals surface area contributed by atoms with Gasteiger partial charge in [-0.1, -0.05) is 6.07 Å². The van der Waals surface area contributed by atoms with Crippen LogP contribution in [0.2, 0.25) is 0 Å². The summed E-state index contributed by atoms with van der Waals surface area (Å²) in [7, 11) is 0. The highest BCUT2D eigenvalue weighted by atomic mass is 16.5. The highest BCUT2D eigenvalue weighted by Gasteiger charge is 2.25. The van der Waals surface area contributed by atoms with E-state index in [0.29, 0.717) is 19.6 Å². The van der Waals surface area contributed by atoms with Crippen molar-refractivity contribution >= 4 is 17.4 Å². The summed E-state index contributed by atoms with van der Waals surface area (Å²) in [5.74, 6) is -0.0409. The summed E-state index contributed by atoms with van der Waals surface area (Å²) in [5.41, 5.74) is 3.36. The zero-order valence-electron chi connectivity index (χ0n) is 10.1. The van der Waals surface area contributed by atoms with Crippen molar-refractivity contribution in [3.8, 4) is 0 Å². The van der Waals surface area contributed by atoms with Crippen LogP contribution in [0, 0.1) is 0 Å². The van der Waals surface area contributed by atoms with E-state index in [1.165, 1.54) is 11.1 Å². The minimum Gasteiger partial charge on any atom is -0.376 e. The Hall–Kier alpha value is -1.68. The third-order valence-corrected chi connectivity index (χ3v) is 3.54. The summed E-state index contributed by atoms with van der Waals surface area (Å²) < 4.78 is 5.39. The number of nitrogens with zero attached hydrogens (tertiary/aromatic N) is 1. The lowest BCUT2D eigenvalue weighted by Gasteiger charge is -2.27. The van der Waals surface area contributed by atoms with Crippen molar-refractivity contribution in [2.75, 3.05) is 18.1 Å². The van der Waals surface area contributed by atoms with E-state index in [4.69, 9.17) is 4.74 Å². The molecule has 2 aliphatic rings. The molecule has 0 aliphatic carbocycles. The molecule has 0 saturated carbocycles. The summed E-state index contributed by atoms with van der Waals surface area (Å²) in [6, 6.07) is 6.03. The van der Waals surface area contributed by atoms with Crippen LogP contribution in [0.15, 0.2) is 18.2 Å². The number of piperidine rings is 1.